The number of hydrogen-bond donors (Lipinski definition) is 0. The van der Waals surface area contributed by atoms with E-state index in [9.17, 15) is 9.59 Å². The lowest BCUT2D eigenvalue weighted by Gasteiger charge is -2.16. The predicted octanol–water partition coefficient (Wildman–Crippen LogP) is 0.424. The molecule has 1 aliphatic carbocycles. The fraction of sp³-hybridized carbons (Fsp3) is 0.200. The third-order valence-corrected chi connectivity index (χ3v) is 1.95. The molecule has 0 aromatic heterocycles. The van der Waals surface area contributed by atoms with Gasteiger partial charge >= 0.3 is 5.97 Å². The molecule has 2 rings (SSSR count). The highest BCUT2D eigenvalue weighted by molar-refractivity contribution is 6.30. The van der Waals surface area contributed by atoms with Gasteiger partial charge in [-0.1, -0.05) is 0 Å². The van der Waals surface area contributed by atoms with Crippen molar-refractivity contribution in [1.82, 2.24) is 0 Å². The summed E-state index contributed by atoms with van der Waals surface area (Å²) < 4.78 is 4.93. The Morgan fingerprint density at radius 1 is 1.53 bits per heavy atom. The van der Waals surface area contributed by atoms with Gasteiger partial charge < -0.3 is 4.74 Å². The first kappa shape index (κ1) is 9.51. The van der Waals surface area contributed by atoms with E-state index in [1.165, 1.54) is 13.3 Å². The van der Waals surface area contributed by atoms with Gasteiger partial charge in [-0.3, -0.25) is 9.59 Å². The highest BCUT2D eigenvalue weighted by Gasteiger charge is 2.22. The van der Waals surface area contributed by atoms with Crippen LogP contribution >= 0.6 is 0 Å². The number of carbonyl (C=O) groups is 2. The van der Waals surface area contributed by atoms with Crippen LogP contribution in [0.25, 0.3) is 0 Å². The van der Waals surface area contributed by atoms with E-state index >= 15 is 0 Å². The zero-order valence-electron chi connectivity index (χ0n) is 8.01. The Hall–Kier alpha value is -2.04. The molecule has 0 saturated carbocycles. The second-order valence-electron chi connectivity index (χ2n) is 3.08. The molecule has 5 nitrogen and oxygen atoms in total. The maximum absolute atomic E-state index is 11.3. The van der Waals surface area contributed by atoms with Gasteiger partial charge in [0.15, 0.2) is 0 Å². The van der Waals surface area contributed by atoms with Crippen LogP contribution in [0.2, 0.25) is 0 Å². The summed E-state index contributed by atoms with van der Waals surface area (Å²) in [4.78, 5) is 29.5. The molecule has 0 spiro atoms. The molecule has 15 heavy (non-hydrogen) atoms. The van der Waals surface area contributed by atoms with E-state index in [-0.39, 0.29) is 5.91 Å². The number of nitrogens with zero attached hydrogens (tertiary/aromatic N) is 2. The third-order valence-electron chi connectivity index (χ3n) is 1.95. The molecule has 0 saturated heterocycles. The second kappa shape index (κ2) is 3.61. The van der Waals surface area contributed by atoms with Crippen LogP contribution in [0.1, 0.15) is 6.92 Å². The van der Waals surface area contributed by atoms with Crippen LogP contribution in [0.3, 0.4) is 0 Å². The van der Waals surface area contributed by atoms with Crippen molar-refractivity contribution in [3.8, 4) is 0 Å². The molecular weight excluding hydrogens is 196 g/mol. The van der Waals surface area contributed by atoms with Crippen LogP contribution < -0.4 is 0 Å². The number of amides is 1. The molecule has 0 aromatic rings. The predicted molar refractivity (Wildman–Crippen MR) is 53.7 cm³/mol. The van der Waals surface area contributed by atoms with Gasteiger partial charge in [-0.05, 0) is 18.2 Å². The first-order chi connectivity index (χ1) is 7.16. The number of esters is 1. The highest BCUT2D eigenvalue weighted by Crippen LogP contribution is 2.15. The monoisotopic (exact) mass is 204 g/mol. The molecule has 76 valence electrons. The first-order valence-electron chi connectivity index (χ1n) is 4.39. The topological polar surface area (TPSA) is 68.1 Å². The van der Waals surface area contributed by atoms with Crippen molar-refractivity contribution in [3.05, 3.63) is 23.8 Å². The summed E-state index contributed by atoms with van der Waals surface area (Å²) in [6.45, 7) is 1.32. The summed E-state index contributed by atoms with van der Waals surface area (Å²) in [6, 6.07) is 0. The lowest BCUT2D eigenvalue weighted by Crippen LogP contribution is -2.22. The molecule has 1 amide bonds. The summed E-state index contributed by atoms with van der Waals surface area (Å²) in [5.74, 6) is -0.754. The Kier molecular flexibility index (Phi) is 2.29. The number of aliphatic imine (C=N–C) groups is 2. The average molecular weight is 204 g/mol. The van der Waals surface area contributed by atoms with Gasteiger partial charge in [-0.25, -0.2) is 4.99 Å². The van der Waals surface area contributed by atoms with E-state index < -0.39 is 12.1 Å². The first-order valence-corrected chi connectivity index (χ1v) is 4.39. The fourth-order valence-electron chi connectivity index (χ4n) is 1.35. The molecule has 0 aromatic carbocycles. The second-order valence-corrected chi connectivity index (χ2v) is 3.08. The Balaban J connectivity index is 2.25. The van der Waals surface area contributed by atoms with E-state index in [1.807, 2.05) is 0 Å². The van der Waals surface area contributed by atoms with Crippen molar-refractivity contribution in [1.29, 1.82) is 0 Å². The van der Waals surface area contributed by atoms with Gasteiger partial charge in [0.25, 0.3) is 5.91 Å². The zero-order valence-corrected chi connectivity index (χ0v) is 8.01. The minimum atomic E-state index is -0.506. The van der Waals surface area contributed by atoms with E-state index in [0.29, 0.717) is 11.3 Å². The van der Waals surface area contributed by atoms with Crippen molar-refractivity contribution >= 4 is 23.9 Å². The number of hydrogen-bond acceptors (Lipinski definition) is 4. The van der Waals surface area contributed by atoms with E-state index in [4.69, 9.17) is 4.74 Å². The summed E-state index contributed by atoms with van der Waals surface area (Å²) in [7, 11) is 0. The van der Waals surface area contributed by atoms with E-state index in [1.54, 1.807) is 18.2 Å². The normalized spacial score (nSPS) is 23.0. The van der Waals surface area contributed by atoms with Crippen molar-refractivity contribution in [2.75, 3.05) is 0 Å². The quantitative estimate of drug-likeness (QED) is 0.581. The molecule has 1 aliphatic heterocycles. The van der Waals surface area contributed by atoms with E-state index in [2.05, 4.69) is 9.98 Å². The Morgan fingerprint density at radius 2 is 2.33 bits per heavy atom. The van der Waals surface area contributed by atoms with Crippen LogP contribution in [-0.2, 0) is 14.3 Å². The molecule has 1 atom stereocenters. The minimum Gasteiger partial charge on any atom is -0.454 e. The van der Waals surface area contributed by atoms with Crippen molar-refractivity contribution in [2.45, 2.75) is 13.0 Å². The maximum atomic E-state index is 11.3. The summed E-state index contributed by atoms with van der Waals surface area (Å²) in [5.41, 5.74) is 0.935. The Bertz CT molecular complexity index is 444. The van der Waals surface area contributed by atoms with Crippen LogP contribution in [0.15, 0.2) is 33.8 Å². The number of fused-ring (bicyclic) bond motifs is 1. The van der Waals surface area contributed by atoms with Crippen LogP contribution in [0, 0.1) is 0 Å². The van der Waals surface area contributed by atoms with Gasteiger partial charge in [0.1, 0.15) is 12.4 Å². The molecule has 0 radical (unpaired) electrons. The summed E-state index contributed by atoms with van der Waals surface area (Å²) in [6.07, 6.45) is 5.56. The lowest BCUT2D eigenvalue weighted by molar-refractivity contribution is -0.142. The lowest BCUT2D eigenvalue weighted by atomic mass is 10.0. The molecule has 0 fully saturated rings. The molecule has 0 bridgehead atoms. The maximum Gasteiger partial charge on any atom is 0.303 e. The van der Waals surface area contributed by atoms with Crippen molar-refractivity contribution in [3.63, 3.8) is 0 Å². The number of allylic oxidation sites excluding steroid dienone is 1. The largest absolute Gasteiger partial charge is 0.454 e. The number of carbonyl (C=O) groups excluding carboxylic acids is 2. The third kappa shape index (κ3) is 1.90. The van der Waals surface area contributed by atoms with Crippen LogP contribution in [0.5, 0.6) is 0 Å². The smallest absolute Gasteiger partial charge is 0.303 e. The van der Waals surface area contributed by atoms with Gasteiger partial charge in [0, 0.05) is 6.92 Å². The average Bonchev–Trinajstić information content (AvgIpc) is 2.18. The SMILES string of the molecule is CC(=O)OC1C=CC2=NC=NC(=O)C2=C1. The van der Waals surface area contributed by atoms with Crippen molar-refractivity contribution < 1.29 is 14.3 Å². The van der Waals surface area contributed by atoms with Gasteiger partial charge in [-0.2, -0.15) is 4.99 Å². The van der Waals surface area contributed by atoms with Gasteiger partial charge in [0.05, 0.1) is 11.3 Å². The zero-order chi connectivity index (χ0) is 10.8. The van der Waals surface area contributed by atoms with Gasteiger partial charge in [-0.15, -0.1) is 0 Å². The number of ether oxygens (including phenoxy) is 1. The Morgan fingerprint density at radius 3 is 3.07 bits per heavy atom. The highest BCUT2D eigenvalue weighted by atomic mass is 16.5. The molecule has 0 N–H and O–H groups in total. The molecule has 5 heteroatoms. The minimum absolute atomic E-state index is 0.360. The fourth-order valence-corrected chi connectivity index (χ4v) is 1.35. The summed E-state index contributed by atoms with van der Waals surface area (Å²) in [5, 5.41) is 0. The molecule has 2 aliphatic rings. The molecular formula is C10H8N2O3. The Labute approximate surface area is 85.9 Å². The van der Waals surface area contributed by atoms with Crippen molar-refractivity contribution in [2.24, 2.45) is 9.98 Å². The number of rotatable bonds is 1. The van der Waals surface area contributed by atoms with Crippen LogP contribution in [0.4, 0.5) is 0 Å². The van der Waals surface area contributed by atoms with Gasteiger partial charge in [0.2, 0.25) is 0 Å². The molecule has 1 heterocycles. The molecule has 1 unspecified atom stereocenters. The van der Waals surface area contributed by atoms with E-state index in [0.717, 1.165) is 0 Å². The standard InChI is InChI=1S/C10H8N2O3/c1-6(13)15-7-2-3-9-8(4-7)10(14)12-5-11-9/h2-5,7H,1H3. The van der Waals surface area contributed by atoms with Crippen LogP contribution in [-0.4, -0.2) is 30.0 Å². The summed E-state index contributed by atoms with van der Waals surface area (Å²) >= 11 is 0.